The first kappa shape index (κ1) is 20.5. The van der Waals surface area contributed by atoms with Gasteiger partial charge in [-0.15, -0.1) is 0 Å². The van der Waals surface area contributed by atoms with E-state index in [-0.39, 0.29) is 5.78 Å². The molecular weight excluding hydrogens is 346 g/mol. The Kier molecular flexibility index (Phi) is 8.14. The topological polar surface area (TPSA) is 40.5 Å². The molecule has 0 aromatic heterocycles. The summed E-state index contributed by atoms with van der Waals surface area (Å²) < 4.78 is 0. The molecule has 0 fully saturated rings. The molecule has 4 heteroatoms. The maximum Gasteiger partial charge on any atom is 0.195 e. The number of aliphatic hydroxyl groups excluding tert-OH is 1. The Morgan fingerprint density at radius 1 is 1.00 bits per heavy atom. The minimum Gasteiger partial charge on any atom is -0.380 e. The van der Waals surface area contributed by atoms with Crippen molar-refractivity contribution in [1.82, 2.24) is 0 Å². The molecule has 140 valence electrons. The number of aliphatic hydroxyl groups is 1. The molecule has 0 aliphatic heterocycles. The largest absolute Gasteiger partial charge is 0.380 e. The molecule has 0 amide bonds. The molecule has 2 aromatic rings. The summed E-state index contributed by atoms with van der Waals surface area (Å²) in [6, 6.07) is 14.4. The SMILES string of the molecule is CCCCN(CCCC)c1ccc(C(=O)C(O)c2ccccc2Cl)cc1. The number of halogens is 1. The Balaban J connectivity index is 2.14. The van der Waals surface area contributed by atoms with Crippen LogP contribution >= 0.6 is 11.6 Å². The summed E-state index contributed by atoms with van der Waals surface area (Å²) in [6.07, 6.45) is 3.36. The van der Waals surface area contributed by atoms with E-state index in [0.29, 0.717) is 16.1 Å². The average Bonchev–Trinajstić information content (AvgIpc) is 2.67. The van der Waals surface area contributed by atoms with Gasteiger partial charge < -0.3 is 10.0 Å². The van der Waals surface area contributed by atoms with Crippen molar-refractivity contribution in [1.29, 1.82) is 0 Å². The summed E-state index contributed by atoms with van der Waals surface area (Å²) in [7, 11) is 0. The van der Waals surface area contributed by atoms with Gasteiger partial charge in [-0.1, -0.05) is 56.5 Å². The predicted octanol–water partition coefficient (Wildman–Crippen LogP) is 5.66. The number of ketones is 1. The average molecular weight is 374 g/mol. The fourth-order valence-electron chi connectivity index (χ4n) is 2.90. The minimum atomic E-state index is -1.24. The highest BCUT2D eigenvalue weighted by molar-refractivity contribution is 6.31. The molecule has 0 spiro atoms. The number of hydrogen-bond acceptors (Lipinski definition) is 3. The van der Waals surface area contributed by atoms with Crippen LogP contribution < -0.4 is 4.90 Å². The standard InChI is InChI=1S/C22H28ClNO2/c1-3-5-15-24(16-6-4-2)18-13-11-17(12-14-18)21(25)22(26)19-9-7-8-10-20(19)23/h7-14,22,26H,3-6,15-16H2,1-2H3. The van der Waals surface area contributed by atoms with Crippen molar-refractivity contribution in [2.45, 2.75) is 45.6 Å². The Labute approximate surface area is 161 Å². The van der Waals surface area contributed by atoms with E-state index in [1.54, 1.807) is 36.4 Å². The highest BCUT2D eigenvalue weighted by atomic mass is 35.5. The van der Waals surface area contributed by atoms with E-state index >= 15 is 0 Å². The lowest BCUT2D eigenvalue weighted by Crippen LogP contribution is -2.25. The number of hydrogen-bond donors (Lipinski definition) is 1. The molecule has 0 radical (unpaired) electrons. The molecule has 2 aromatic carbocycles. The number of anilines is 1. The van der Waals surface area contributed by atoms with E-state index in [1.807, 2.05) is 12.1 Å². The van der Waals surface area contributed by atoms with Gasteiger partial charge in [0.15, 0.2) is 5.78 Å². The van der Waals surface area contributed by atoms with Crippen LogP contribution in [0.15, 0.2) is 48.5 Å². The number of benzene rings is 2. The Bertz CT molecular complexity index is 692. The molecule has 0 saturated heterocycles. The highest BCUT2D eigenvalue weighted by Crippen LogP contribution is 2.26. The summed E-state index contributed by atoms with van der Waals surface area (Å²) in [5.74, 6) is -0.335. The van der Waals surface area contributed by atoms with Crippen LogP contribution in [0.25, 0.3) is 0 Å². The normalized spacial score (nSPS) is 12.0. The van der Waals surface area contributed by atoms with Crippen molar-refractivity contribution in [3.8, 4) is 0 Å². The summed E-state index contributed by atoms with van der Waals surface area (Å²) >= 11 is 6.10. The predicted molar refractivity (Wildman–Crippen MR) is 109 cm³/mol. The van der Waals surface area contributed by atoms with Crippen LogP contribution in [0.3, 0.4) is 0 Å². The van der Waals surface area contributed by atoms with Gasteiger partial charge in [0.25, 0.3) is 0 Å². The molecule has 0 aliphatic carbocycles. The van der Waals surface area contributed by atoms with Gasteiger partial charge >= 0.3 is 0 Å². The summed E-state index contributed by atoms with van der Waals surface area (Å²) in [4.78, 5) is 15.0. The molecule has 0 heterocycles. The molecule has 1 unspecified atom stereocenters. The monoisotopic (exact) mass is 373 g/mol. The van der Waals surface area contributed by atoms with Crippen molar-refractivity contribution < 1.29 is 9.90 Å². The third-order valence-electron chi connectivity index (χ3n) is 4.53. The second kappa shape index (κ2) is 10.3. The number of Topliss-reactive ketones (excluding diaryl/α,β-unsaturated/α-hetero) is 1. The Morgan fingerprint density at radius 2 is 1.58 bits per heavy atom. The number of rotatable bonds is 10. The third kappa shape index (κ3) is 5.33. The van der Waals surface area contributed by atoms with E-state index < -0.39 is 6.10 Å². The van der Waals surface area contributed by atoms with Crippen LogP contribution in [-0.4, -0.2) is 24.0 Å². The van der Waals surface area contributed by atoms with Crippen LogP contribution in [0.5, 0.6) is 0 Å². The quantitative estimate of drug-likeness (QED) is 0.546. The van der Waals surface area contributed by atoms with Crippen LogP contribution in [0.4, 0.5) is 5.69 Å². The van der Waals surface area contributed by atoms with Gasteiger partial charge in [-0.3, -0.25) is 4.79 Å². The molecule has 2 rings (SSSR count). The fraction of sp³-hybridized carbons (Fsp3) is 0.409. The first-order valence-corrected chi connectivity index (χ1v) is 9.78. The van der Waals surface area contributed by atoms with Gasteiger partial charge in [0.05, 0.1) is 0 Å². The smallest absolute Gasteiger partial charge is 0.195 e. The Morgan fingerprint density at radius 3 is 2.12 bits per heavy atom. The van der Waals surface area contributed by atoms with Gasteiger partial charge in [-0.25, -0.2) is 0 Å². The van der Waals surface area contributed by atoms with Crippen LogP contribution in [-0.2, 0) is 0 Å². The van der Waals surface area contributed by atoms with E-state index in [0.717, 1.165) is 44.5 Å². The second-order valence-corrected chi connectivity index (χ2v) is 6.94. The maximum absolute atomic E-state index is 12.6. The first-order valence-electron chi connectivity index (χ1n) is 9.40. The van der Waals surface area contributed by atoms with Gasteiger partial charge in [-0.2, -0.15) is 0 Å². The Hall–Kier alpha value is -1.84. The van der Waals surface area contributed by atoms with Gasteiger partial charge in [0.1, 0.15) is 6.10 Å². The molecule has 1 atom stereocenters. The summed E-state index contributed by atoms with van der Waals surface area (Å²) in [5.41, 5.74) is 2.05. The minimum absolute atomic E-state index is 0.335. The van der Waals surface area contributed by atoms with E-state index in [2.05, 4.69) is 18.7 Å². The van der Waals surface area contributed by atoms with Crippen molar-refractivity contribution in [3.63, 3.8) is 0 Å². The van der Waals surface area contributed by atoms with Crippen molar-refractivity contribution in [2.24, 2.45) is 0 Å². The first-order chi connectivity index (χ1) is 12.6. The fourth-order valence-corrected chi connectivity index (χ4v) is 3.14. The zero-order valence-corrected chi connectivity index (χ0v) is 16.4. The second-order valence-electron chi connectivity index (χ2n) is 6.53. The molecule has 0 saturated carbocycles. The number of carbonyl (C=O) groups excluding carboxylic acids is 1. The molecule has 3 nitrogen and oxygen atoms in total. The van der Waals surface area contributed by atoms with Crippen molar-refractivity contribution >= 4 is 23.1 Å². The lowest BCUT2D eigenvalue weighted by molar-refractivity contribution is 0.0747. The third-order valence-corrected chi connectivity index (χ3v) is 4.87. The van der Waals surface area contributed by atoms with E-state index in [1.165, 1.54) is 0 Å². The molecule has 0 aliphatic rings. The summed E-state index contributed by atoms with van der Waals surface area (Å²) in [5, 5.41) is 10.8. The van der Waals surface area contributed by atoms with Crippen LogP contribution in [0.1, 0.15) is 61.6 Å². The van der Waals surface area contributed by atoms with Gasteiger partial charge in [0, 0.05) is 34.9 Å². The van der Waals surface area contributed by atoms with Crippen LogP contribution in [0, 0.1) is 0 Å². The van der Waals surface area contributed by atoms with E-state index in [4.69, 9.17) is 11.6 Å². The van der Waals surface area contributed by atoms with Gasteiger partial charge in [-0.05, 0) is 43.2 Å². The zero-order chi connectivity index (χ0) is 18.9. The lowest BCUT2D eigenvalue weighted by Gasteiger charge is -2.25. The van der Waals surface area contributed by atoms with Gasteiger partial charge in [0.2, 0.25) is 0 Å². The molecule has 1 N–H and O–H groups in total. The lowest BCUT2D eigenvalue weighted by atomic mass is 9.99. The summed E-state index contributed by atoms with van der Waals surface area (Å²) in [6.45, 7) is 6.42. The van der Waals surface area contributed by atoms with Crippen molar-refractivity contribution in [3.05, 3.63) is 64.7 Å². The van der Waals surface area contributed by atoms with Crippen LogP contribution in [0.2, 0.25) is 5.02 Å². The van der Waals surface area contributed by atoms with Crippen molar-refractivity contribution in [2.75, 3.05) is 18.0 Å². The number of nitrogens with zero attached hydrogens (tertiary/aromatic N) is 1. The zero-order valence-electron chi connectivity index (χ0n) is 15.6. The molecule has 0 bridgehead atoms. The number of unbranched alkanes of at least 4 members (excludes halogenated alkanes) is 2. The van der Waals surface area contributed by atoms with E-state index in [9.17, 15) is 9.90 Å². The molecular formula is C22H28ClNO2. The molecule has 26 heavy (non-hydrogen) atoms. The maximum atomic E-state index is 12.6. The number of carbonyl (C=O) groups is 1. The highest BCUT2D eigenvalue weighted by Gasteiger charge is 2.21.